The Morgan fingerprint density at radius 3 is 2.38 bits per heavy atom. The molecule has 0 atom stereocenters. The van der Waals surface area contributed by atoms with Crippen molar-refractivity contribution in [2.75, 3.05) is 5.32 Å². The lowest BCUT2D eigenvalue weighted by atomic mass is 10.0. The van der Waals surface area contributed by atoms with Crippen LogP contribution in [-0.4, -0.2) is 15.1 Å². The number of thiazole rings is 1. The van der Waals surface area contributed by atoms with Gasteiger partial charge >= 0.3 is 0 Å². The van der Waals surface area contributed by atoms with Gasteiger partial charge in [0.1, 0.15) is 11.6 Å². The number of rotatable bonds is 4. The van der Waals surface area contributed by atoms with E-state index in [-0.39, 0.29) is 0 Å². The standard InChI is InChI=1S/C20H18N4OS/c1-12-5-4-6-18(21-12)23-20-22-17(11-26-20)15-7-9-16(10-8-15)19-13(2)24-25-14(19)3/h4-11H,1-3H3,(H,21,22,23). The van der Waals surface area contributed by atoms with E-state index in [1.807, 2.05) is 44.4 Å². The minimum absolute atomic E-state index is 0.805. The van der Waals surface area contributed by atoms with E-state index in [9.17, 15) is 0 Å². The van der Waals surface area contributed by atoms with E-state index in [1.54, 1.807) is 11.3 Å². The summed E-state index contributed by atoms with van der Waals surface area (Å²) in [5, 5.41) is 10.2. The van der Waals surface area contributed by atoms with Crippen molar-refractivity contribution in [1.82, 2.24) is 15.1 Å². The number of benzene rings is 1. The van der Waals surface area contributed by atoms with Crippen molar-refractivity contribution >= 4 is 22.3 Å². The molecule has 3 heterocycles. The summed E-state index contributed by atoms with van der Waals surface area (Å²) < 4.78 is 5.26. The van der Waals surface area contributed by atoms with Crippen LogP contribution in [0.15, 0.2) is 52.4 Å². The predicted molar refractivity (Wildman–Crippen MR) is 105 cm³/mol. The number of aromatic nitrogens is 3. The summed E-state index contributed by atoms with van der Waals surface area (Å²) in [5.74, 6) is 1.64. The summed E-state index contributed by atoms with van der Waals surface area (Å²) in [4.78, 5) is 9.12. The smallest absolute Gasteiger partial charge is 0.188 e. The van der Waals surface area contributed by atoms with E-state index in [2.05, 4.69) is 44.7 Å². The number of nitrogens with zero attached hydrogens (tertiary/aromatic N) is 3. The highest BCUT2D eigenvalue weighted by atomic mass is 32.1. The molecule has 0 bridgehead atoms. The SMILES string of the molecule is Cc1cccc(Nc2nc(-c3ccc(-c4c(C)noc4C)cc3)cs2)n1. The van der Waals surface area contributed by atoms with Gasteiger partial charge in [-0.1, -0.05) is 35.5 Å². The molecule has 5 nitrogen and oxygen atoms in total. The second kappa shape index (κ2) is 6.72. The van der Waals surface area contributed by atoms with Crippen molar-refractivity contribution in [3.05, 3.63) is 65.0 Å². The van der Waals surface area contributed by atoms with Gasteiger partial charge in [0, 0.05) is 22.2 Å². The Balaban J connectivity index is 1.56. The fourth-order valence-corrected chi connectivity index (χ4v) is 3.62. The second-order valence-electron chi connectivity index (χ2n) is 6.10. The molecule has 0 amide bonds. The highest BCUT2D eigenvalue weighted by Gasteiger charge is 2.12. The highest BCUT2D eigenvalue weighted by Crippen LogP contribution is 2.31. The van der Waals surface area contributed by atoms with Crippen molar-refractivity contribution in [3.8, 4) is 22.4 Å². The van der Waals surface area contributed by atoms with Gasteiger partial charge in [0.15, 0.2) is 5.13 Å². The number of anilines is 2. The molecule has 0 saturated heterocycles. The Labute approximate surface area is 155 Å². The maximum atomic E-state index is 5.26. The van der Waals surface area contributed by atoms with Crippen LogP contribution in [0.4, 0.5) is 10.9 Å². The summed E-state index contributed by atoms with van der Waals surface area (Å²) in [5.41, 5.74) is 6.05. The zero-order chi connectivity index (χ0) is 18.1. The van der Waals surface area contributed by atoms with Gasteiger partial charge in [0.25, 0.3) is 0 Å². The van der Waals surface area contributed by atoms with Crippen molar-refractivity contribution in [3.63, 3.8) is 0 Å². The molecular weight excluding hydrogens is 344 g/mol. The summed E-state index contributed by atoms with van der Waals surface area (Å²) in [7, 11) is 0. The van der Waals surface area contributed by atoms with Crippen molar-refractivity contribution in [2.24, 2.45) is 0 Å². The lowest BCUT2D eigenvalue weighted by Crippen LogP contribution is -1.93. The predicted octanol–water partition coefficient (Wildman–Crippen LogP) is 5.53. The lowest BCUT2D eigenvalue weighted by molar-refractivity contribution is 0.393. The van der Waals surface area contributed by atoms with Crippen LogP contribution in [0.25, 0.3) is 22.4 Å². The molecule has 26 heavy (non-hydrogen) atoms. The molecule has 3 aromatic heterocycles. The largest absolute Gasteiger partial charge is 0.361 e. The normalized spacial score (nSPS) is 10.9. The molecule has 0 aliphatic rings. The molecular formula is C20H18N4OS. The van der Waals surface area contributed by atoms with Gasteiger partial charge in [-0.05, 0) is 38.5 Å². The Morgan fingerprint density at radius 1 is 0.923 bits per heavy atom. The van der Waals surface area contributed by atoms with Crippen LogP contribution >= 0.6 is 11.3 Å². The third-order valence-corrected chi connectivity index (χ3v) is 4.89. The first kappa shape index (κ1) is 16.5. The quantitative estimate of drug-likeness (QED) is 0.517. The lowest BCUT2D eigenvalue weighted by Gasteiger charge is -2.03. The van der Waals surface area contributed by atoms with Crippen LogP contribution in [0, 0.1) is 20.8 Å². The van der Waals surface area contributed by atoms with E-state index in [1.165, 1.54) is 0 Å². The Morgan fingerprint density at radius 2 is 1.69 bits per heavy atom. The monoisotopic (exact) mass is 362 g/mol. The molecule has 4 rings (SSSR count). The third kappa shape index (κ3) is 3.23. The maximum Gasteiger partial charge on any atom is 0.188 e. The molecule has 0 aliphatic carbocycles. The second-order valence-corrected chi connectivity index (χ2v) is 6.96. The fourth-order valence-electron chi connectivity index (χ4n) is 2.89. The molecule has 130 valence electrons. The molecule has 0 aliphatic heterocycles. The fraction of sp³-hybridized carbons (Fsp3) is 0.150. The average Bonchev–Trinajstić information content (AvgIpc) is 3.22. The van der Waals surface area contributed by atoms with E-state index in [0.29, 0.717) is 0 Å². The van der Waals surface area contributed by atoms with Gasteiger partial charge in [-0.3, -0.25) is 0 Å². The molecule has 0 radical (unpaired) electrons. The van der Waals surface area contributed by atoms with E-state index < -0.39 is 0 Å². The van der Waals surface area contributed by atoms with Gasteiger partial charge in [-0.15, -0.1) is 11.3 Å². The van der Waals surface area contributed by atoms with Crippen LogP contribution in [0.1, 0.15) is 17.1 Å². The van der Waals surface area contributed by atoms with Gasteiger partial charge in [0.2, 0.25) is 0 Å². The number of nitrogens with one attached hydrogen (secondary N) is 1. The Hall–Kier alpha value is -2.99. The molecule has 0 fully saturated rings. The van der Waals surface area contributed by atoms with E-state index >= 15 is 0 Å². The molecule has 4 aromatic rings. The van der Waals surface area contributed by atoms with Crippen molar-refractivity contribution in [1.29, 1.82) is 0 Å². The van der Waals surface area contributed by atoms with Crippen LogP contribution in [0.2, 0.25) is 0 Å². The van der Waals surface area contributed by atoms with Crippen LogP contribution < -0.4 is 5.32 Å². The number of pyridine rings is 1. The summed E-state index contributed by atoms with van der Waals surface area (Å²) in [6, 6.07) is 14.2. The number of hydrogen-bond acceptors (Lipinski definition) is 6. The van der Waals surface area contributed by atoms with Gasteiger partial charge in [-0.25, -0.2) is 9.97 Å². The molecule has 0 spiro atoms. The summed E-state index contributed by atoms with van der Waals surface area (Å²) in [6.07, 6.45) is 0. The zero-order valence-electron chi connectivity index (χ0n) is 14.8. The molecule has 1 N–H and O–H groups in total. The highest BCUT2D eigenvalue weighted by molar-refractivity contribution is 7.14. The maximum absolute atomic E-state index is 5.26. The molecule has 0 unspecified atom stereocenters. The van der Waals surface area contributed by atoms with Gasteiger partial charge < -0.3 is 9.84 Å². The first-order valence-electron chi connectivity index (χ1n) is 8.30. The Kier molecular flexibility index (Phi) is 4.26. The van der Waals surface area contributed by atoms with Crippen molar-refractivity contribution < 1.29 is 4.52 Å². The van der Waals surface area contributed by atoms with Crippen molar-refractivity contribution in [2.45, 2.75) is 20.8 Å². The summed E-state index contributed by atoms with van der Waals surface area (Å²) >= 11 is 1.56. The van der Waals surface area contributed by atoms with Gasteiger partial charge in [-0.2, -0.15) is 0 Å². The zero-order valence-corrected chi connectivity index (χ0v) is 15.6. The number of hydrogen-bond donors (Lipinski definition) is 1. The molecule has 0 saturated carbocycles. The third-order valence-electron chi connectivity index (χ3n) is 4.13. The van der Waals surface area contributed by atoms with E-state index in [4.69, 9.17) is 4.52 Å². The van der Waals surface area contributed by atoms with Gasteiger partial charge in [0.05, 0.1) is 11.4 Å². The number of aryl methyl sites for hydroxylation is 3. The average molecular weight is 362 g/mol. The molecule has 1 aromatic carbocycles. The first-order valence-corrected chi connectivity index (χ1v) is 9.18. The first-order chi connectivity index (χ1) is 12.6. The topological polar surface area (TPSA) is 63.8 Å². The molecule has 6 heteroatoms. The minimum Gasteiger partial charge on any atom is -0.361 e. The van der Waals surface area contributed by atoms with Crippen LogP contribution in [0.3, 0.4) is 0 Å². The van der Waals surface area contributed by atoms with Crippen LogP contribution in [0.5, 0.6) is 0 Å². The minimum atomic E-state index is 0.805. The van der Waals surface area contributed by atoms with Crippen LogP contribution in [-0.2, 0) is 0 Å². The Bertz CT molecular complexity index is 1030. The van der Waals surface area contributed by atoms with E-state index in [0.717, 1.165) is 50.5 Å². The summed E-state index contributed by atoms with van der Waals surface area (Å²) in [6.45, 7) is 5.86.